The minimum absolute atomic E-state index is 0.0550. The van der Waals surface area contributed by atoms with Crippen LogP contribution in [0, 0.1) is 5.41 Å². The van der Waals surface area contributed by atoms with Crippen molar-refractivity contribution in [1.29, 1.82) is 0 Å². The first-order valence-corrected chi connectivity index (χ1v) is 4.57. The predicted octanol–water partition coefficient (Wildman–Crippen LogP) is 2.48. The van der Waals surface area contributed by atoms with Crippen LogP contribution in [0.2, 0.25) is 0 Å². The normalized spacial score (nSPS) is 21.7. The zero-order valence-electron chi connectivity index (χ0n) is 8.13. The van der Waals surface area contributed by atoms with Crippen LogP contribution in [0.15, 0.2) is 11.3 Å². The van der Waals surface area contributed by atoms with Crippen LogP contribution < -0.4 is 0 Å². The number of hydrogen-bond donors (Lipinski definition) is 2. The maximum atomic E-state index is 10.7. The molecule has 0 heterocycles. The topological polar surface area (TPSA) is 57.5 Å². The van der Waals surface area contributed by atoms with Gasteiger partial charge in [-0.2, -0.15) is 0 Å². The molecule has 74 valence electrons. The third kappa shape index (κ3) is 2.23. The fraction of sp³-hybridized carbons (Fsp3) is 0.700. The second-order valence-electron chi connectivity index (χ2n) is 4.21. The molecular formula is C10H16O3. The molecule has 1 saturated carbocycles. The number of rotatable bonds is 3. The lowest BCUT2D eigenvalue weighted by Gasteiger charge is -2.38. The molecule has 1 fully saturated rings. The van der Waals surface area contributed by atoms with Gasteiger partial charge in [0.2, 0.25) is 0 Å². The van der Waals surface area contributed by atoms with Crippen LogP contribution in [0.25, 0.3) is 0 Å². The number of carboxylic acids is 1. The van der Waals surface area contributed by atoms with Crippen molar-refractivity contribution in [3.05, 3.63) is 11.3 Å². The minimum atomic E-state index is -0.992. The van der Waals surface area contributed by atoms with E-state index in [1.165, 1.54) is 13.3 Å². The van der Waals surface area contributed by atoms with Gasteiger partial charge in [-0.25, -0.2) is 4.79 Å². The zero-order chi connectivity index (χ0) is 10.1. The van der Waals surface area contributed by atoms with E-state index < -0.39 is 5.97 Å². The van der Waals surface area contributed by atoms with Crippen LogP contribution in [-0.4, -0.2) is 16.2 Å². The first-order chi connectivity index (χ1) is 5.94. The van der Waals surface area contributed by atoms with Crippen molar-refractivity contribution >= 4 is 5.97 Å². The second kappa shape index (κ2) is 3.40. The molecular weight excluding hydrogens is 168 g/mol. The van der Waals surface area contributed by atoms with Gasteiger partial charge >= 0.3 is 5.97 Å². The summed E-state index contributed by atoms with van der Waals surface area (Å²) in [4.78, 5) is 10.7. The highest BCUT2D eigenvalue weighted by Crippen LogP contribution is 2.45. The molecule has 13 heavy (non-hydrogen) atoms. The Morgan fingerprint density at radius 1 is 1.38 bits per heavy atom. The van der Waals surface area contributed by atoms with Crippen molar-refractivity contribution in [3.63, 3.8) is 0 Å². The molecule has 1 aliphatic rings. The largest absolute Gasteiger partial charge is 0.512 e. The highest BCUT2D eigenvalue weighted by Gasteiger charge is 2.34. The summed E-state index contributed by atoms with van der Waals surface area (Å²) in [5, 5.41) is 18.0. The lowest BCUT2D eigenvalue weighted by atomic mass is 9.67. The quantitative estimate of drug-likeness (QED) is 0.523. The molecule has 2 N–H and O–H groups in total. The van der Waals surface area contributed by atoms with Crippen LogP contribution in [-0.2, 0) is 4.79 Å². The molecule has 1 rings (SSSR count). The average molecular weight is 184 g/mol. The Morgan fingerprint density at radius 2 is 1.92 bits per heavy atom. The number of allylic oxidation sites excluding steroid dienone is 1. The number of carbonyl (C=O) groups is 1. The van der Waals surface area contributed by atoms with Crippen LogP contribution in [0.4, 0.5) is 0 Å². The Morgan fingerprint density at radius 3 is 2.15 bits per heavy atom. The Bertz CT molecular complexity index is 245. The minimum Gasteiger partial charge on any atom is -0.512 e. The molecule has 0 bridgehead atoms. The van der Waals surface area contributed by atoms with Gasteiger partial charge in [-0.15, -0.1) is 0 Å². The molecule has 0 unspecified atom stereocenters. The molecule has 1 aliphatic carbocycles. The van der Waals surface area contributed by atoms with E-state index in [4.69, 9.17) is 10.2 Å². The number of aliphatic hydroxyl groups is 1. The van der Waals surface area contributed by atoms with E-state index in [0.717, 1.165) is 12.8 Å². The molecule has 0 aliphatic heterocycles. The fourth-order valence-corrected chi connectivity index (χ4v) is 1.74. The Hall–Kier alpha value is -0.990. The van der Waals surface area contributed by atoms with Crippen molar-refractivity contribution in [2.75, 3.05) is 0 Å². The predicted molar refractivity (Wildman–Crippen MR) is 49.5 cm³/mol. The molecule has 0 amide bonds. The summed E-state index contributed by atoms with van der Waals surface area (Å²) >= 11 is 0. The number of carboxylic acid groups (broad SMARTS) is 1. The summed E-state index contributed by atoms with van der Waals surface area (Å²) < 4.78 is 0. The molecule has 0 atom stereocenters. The third-order valence-electron chi connectivity index (χ3n) is 2.86. The van der Waals surface area contributed by atoms with E-state index in [0.29, 0.717) is 6.42 Å². The summed E-state index contributed by atoms with van der Waals surface area (Å²) in [7, 11) is 0. The second-order valence-corrected chi connectivity index (χ2v) is 4.21. The Kier molecular flexibility index (Phi) is 2.64. The van der Waals surface area contributed by atoms with E-state index in [2.05, 4.69) is 6.92 Å². The monoisotopic (exact) mass is 184 g/mol. The standard InChI is InChI=1S/C10H16O3/c1-7(11)8(9(12)13)6-10(2)4-3-5-10/h11H,3-6H2,1-2H3,(H,12,13)/b8-7-. The molecule has 0 aromatic carbocycles. The van der Waals surface area contributed by atoms with Gasteiger partial charge in [-0.3, -0.25) is 0 Å². The molecule has 0 saturated heterocycles. The van der Waals surface area contributed by atoms with Crippen LogP contribution in [0.1, 0.15) is 39.5 Å². The molecule has 3 heteroatoms. The van der Waals surface area contributed by atoms with E-state index in [1.807, 2.05) is 0 Å². The Labute approximate surface area is 78.1 Å². The highest BCUT2D eigenvalue weighted by molar-refractivity contribution is 5.87. The van der Waals surface area contributed by atoms with Crippen molar-refractivity contribution < 1.29 is 15.0 Å². The molecule has 0 aromatic rings. The van der Waals surface area contributed by atoms with Gasteiger partial charge in [0.15, 0.2) is 0 Å². The van der Waals surface area contributed by atoms with Crippen LogP contribution in [0.3, 0.4) is 0 Å². The first-order valence-electron chi connectivity index (χ1n) is 4.57. The van der Waals surface area contributed by atoms with Gasteiger partial charge in [0.25, 0.3) is 0 Å². The summed E-state index contributed by atoms with van der Waals surface area (Å²) in [6.45, 7) is 3.51. The van der Waals surface area contributed by atoms with E-state index >= 15 is 0 Å². The highest BCUT2D eigenvalue weighted by atomic mass is 16.4. The fourth-order valence-electron chi connectivity index (χ4n) is 1.74. The molecule has 0 spiro atoms. The lowest BCUT2D eigenvalue weighted by Crippen LogP contribution is -2.27. The van der Waals surface area contributed by atoms with Crippen molar-refractivity contribution in [2.45, 2.75) is 39.5 Å². The third-order valence-corrected chi connectivity index (χ3v) is 2.86. The van der Waals surface area contributed by atoms with Gasteiger partial charge in [0, 0.05) is 0 Å². The summed E-state index contributed by atoms with van der Waals surface area (Å²) in [5.74, 6) is -1.05. The molecule has 3 nitrogen and oxygen atoms in total. The SMILES string of the molecule is C/C(O)=C(\CC1(C)CCC1)C(=O)O. The number of hydrogen-bond acceptors (Lipinski definition) is 2. The molecule has 0 aromatic heterocycles. The average Bonchev–Trinajstić information content (AvgIpc) is 1.95. The Balaban J connectivity index is 2.69. The molecule has 0 radical (unpaired) electrons. The van der Waals surface area contributed by atoms with Gasteiger partial charge in [0.05, 0.1) is 11.3 Å². The summed E-state index contributed by atoms with van der Waals surface area (Å²) in [6.07, 6.45) is 3.80. The van der Waals surface area contributed by atoms with Gasteiger partial charge in [-0.1, -0.05) is 13.3 Å². The van der Waals surface area contributed by atoms with Gasteiger partial charge in [0.1, 0.15) is 0 Å². The smallest absolute Gasteiger partial charge is 0.334 e. The maximum absolute atomic E-state index is 10.7. The van der Waals surface area contributed by atoms with Crippen LogP contribution in [0.5, 0.6) is 0 Å². The zero-order valence-corrected chi connectivity index (χ0v) is 8.13. The van der Waals surface area contributed by atoms with Gasteiger partial charge in [-0.05, 0) is 31.6 Å². The first kappa shape index (κ1) is 10.1. The summed E-state index contributed by atoms with van der Waals surface area (Å²) in [6, 6.07) is 0. The number of aliphatic hydroxyl groups excluding tert-OH is 1. The summed E-state index contributed by atoms with van der Waals surface area (Å²) in [5.41, 5.74) is 0.278. The van der Waals surface area contributed by atoms with Crippen molar-refractivity contribution in [1.82, 2.24) is 0 Å². The van der Waals surface area contributed by atoms with Gasteiger partial charge < -0.3 is 10.2 Å². The van der Waals surface area contributed by atoms with E-state index in [1.54, 1.807) is 0 Å². The van der Waals surface area contributed by atoms with Crippen molar-refractivity contribution in [3.8, 4) is 0 Å². The van der Waals surface area contributed by atoms with Crippen LogP contribution >= 0.6 is 0 Å². The number of aliphatic carboxylic acids is 1. The lowest BCUT2D eigenvalue weighted by molar-refractivity contribution is -0.133. The van der Waals surface area contributed by atoms with E-state index in [9.17, 15) is 4.79 Å². The van der Waals surface area contributed by atoms with E-state index in [-0.39, 0.29) is 16.7 Å². The maximum Gasteiger partial charge on any atom is 0.334 e. The van der Waals surface area contributed by atoms with Crippen molar-refractivity contribution in [2.24, 2.45) is 5.41 Å².